The van der Waals surface area contributed by atoms with E-state index in [1.54, 1.807) is 0 Å². The van der Waals surface area contributed by atoms with Crippen LogP contribution in [0.2, 0.25) is 0 Å². The van der Waals surface area contributed by atoms with E-state index in [9.17, 15) is 5.11 Å². The van der Waals surface area contributed by atoms with Crippen molar-refractivity contribution in [2.24, 2.45) is 5.92 Å². The molecule has 1 aliphatic carbocycles. The average Bonchev–Trinajstić information content (AvgIpc) is 2.86. The van der Waals surface area contributed by atoms with E-state index in [1.165, 1.54) is 19.4 Å². The Balaban J connectivity index is 2.41. The highest BCUT2D eigenvalue weighted by molar-refractivity contribution is 4.83. The molecule has 1 N–H and O–H groups in total. The van der Waals surface area contributed by atoms with Gasteiger partial charge in [0.25, 0.3) is 0 Å². The van der Waals surface area contributed by atoms with Crippen LogP contribution >= 0.6 is 0 Å². The summed E-state index contributed by atoms with van der Waals surface area (Å²) in [6.45, 7) is 10.4. The maximum Gasteiger partial charge on any atom is 0.0743 e. The maximum atomic E-state index is 10.0. The Morgan fingerprint density at radius 1 is 1.43 bits per heavy atom. The fourth-order valence-electron chi connectivity index (χ4n) is 1.64. The second-order valence-electron chi connectivity index (χ2n) is 5.32. The Bertz CT molecular complexity index is 173. The molecule has 1 saturated carbocycles. The van der Waals surface area contributed by atoms with Crippen LogP contribution in [0.15, 0.2) is 0 Å². The minimum Gasteiger partial charge on any atom is -0.389 e. The summed E-state index contributed by atoms with van der Waals surface area (Å²) in [5.41, 5.74) is -0.515. The molecule has 0 aromatic rings. The molecule has 0 heterocycles. The first-order valence-electron chi connectivity index (χ1n) is 5.91. The monoisotopic (exact) mass is 199 g/mol. The summed E-state index contributed by atoms with van der Waals surface area (Å²) in [5, 5.41) is 10.0. The molecule has 2 heteroatoms. The summed E-state index contributed by atoms with van der Waals surface area (Å²) in [5.74, 6) is 0.907. The molecule has 0 amide bonds. The zero-order valence-corrected chi connectivity index (χ0v) is 10.1. The minimum atomic E-state index is -0.515. The SMILES string of the molecule is CCC(C)(O)CN(CC1CC1)C(C)C. The van der Waals surface area contributed by atoms with Crippen molar-refractivity contribution < 1.29 is 5.11 Å². The number of nitrogens with zero attached hydrogens (tertiary/aromatic N) is 1. The van der Waals surface area contributed by atoms with Gasteiger partial charge in [0, 0.05) is 19.1 Å². The third-order valence-electron chi connectivity index (χ3n) is 3.23. The van der Waals surface area contributed by atoms with Crippen molar-refractivity contribution in [2.45, 2.75) is 58.6 Å². The topological polar surface area (TPSA) is 23.5 Å². The Hall–Kier alpha value is -0.0800. The van der Waals surface area contributed by atoms with Gasteiger partial charge in [0.15, 0.2) is 0 Å². The Kier molecular flexibility index (Phi) is 3.96. The molecule has 0 spiro atoms. The van der Waals surface area contributed by atoms with Gasteiger partial charge in [-0.2, -0.15) is 0 Å². The third kappa shape index (κ3) is 3.97. The molecule has 0 aliphatic heterocycles. The van der Waals surface area contributed by atoms with Crippen molar-refractivity contribution in [3.05, 3.63) is 0 Å². The summed E-state index contributed by atoms with van der Waals surface area (Å²) >= 11 is 0. The van der Waals surface area contributed by atoms with Crippen LogP contribution in [0.1, 0.15) is 47.0 Å². The van der Waals surface area contributed by atoms with Crippen molar-refractivity contribution in [2.75, 3.05) is 13.1 Å². The van der Waals surface area contributed by atoms with Crippen molar-refractivity contribution in [1.82, 2.24) is 4.90 Å². The summed E-state index contributed by atoms with van der Waals surface area (Å²) in [6.07, 6.45) is 3.61. The Morgan fingerprint density at radius 3 is 2.36 bits per heavy atom. The lowest BCUT2D eigenvalue weighted by Gasteiger charge is -2.33. The summed E-state index contributed by atoms with van der Waals surface area (Å²) in [6, 6.07) is 0.550. The van der Waals surface area contributed by atoms with Gasteiger partial charge in [-0.3, -0.25) is 4.90 Å². The first kappa shape index (κ1) is 12.0. The molecule has 0 bridgehead atoms. The molecule has 0 radical (unpaired) electrons. The fourth-order valence-corrected chi connectivity index (χ4v) is 1.64. The Labute approximate surface area is 88.3 Å². The van der Waals surface area contributed by atoms with Gasteiger partial charge in [-0.15, -0.1) is 0 Å². The van der Waals surface area contributed by atoms with Gasteiger partial charge in [-0.1, -0.05) is 6.92 Å². The minimum absolute atomic E-state index is 0.515. The zero-order valence-electron chi connectivity index (χ0n) is 10.1. The van der Waals surface area contributed by atoms with Gasteiger partial charge in [0.1, 0.15) is 0 Å². The average molecular weight is 199 g/mol. The van der Waals surface area contributed by atoms with Crippen molar-refractivity contribution in [1.29, 1.82) is 0 Å². The van der Waals surface area contributed by atoms with Crippen LogP contribution in [0.25, 0.3) is 0 Å². The molecular weight excluding hydrogens is 174 g/mol. The van der Waals surface area contributed by atoms with Gasteiger partial charge >= 0.3 is 0 Å². The largest absolute Gasteiger partial charge is 0.389 e. The van der Waals surface area contributed by atoms with E-state index in [4.69, 9.17) is 0 Å². The second-order valence-corrected chi connectivity index (χ2v) is 5.32. The maximum absolute atomic E-state index is 10.0. The van der Waals surface area contributed by atoms with Crippen LogP contribution in [-0.4, -0.2) is 34.7 Å². The first-order chi connectivity index (χ1) is 6.44. The van der Waals surface area contributed by atoms with E-state index < -0.39 is 5.60 Å². The highest BCUT2D eigenvalue weighted by atomic mass is 16.3. The summed E-state index contributed by atoms with van der Waals surface area (Å²) in [4.78, 5) is 2.42. The first-order valence-corrected chi connectivity index (χ1v) is 5.91. The van der Waals surface area contributed by atoms with Crippen molar-refractivity contribution >= 4 is 0 Å². The lowest BCUT2D eigenvalue weighted by atomic mass is 10.0. The third-order valence-corrected chi connectivity index (χ3v) is 3.23. The van der Waals surface area contributed by atoms with E-state index in [0.717, 1.165) is 18.9 Å². The van der Waals surface area contributed by atoms with Crippen LogP contribution in [0.5, 0.6) is 0 Å². The predicted molar refractivity (Wildman–Crippen MR) is 60.3 cm³/mol. The molecule has 0 aromatic heterocycles. The highest BCUT2D eigenvalue weighted by Gasteiger charge is 2.29. The molecule has 1 atom stereocenters. The smallest absolute Gasteiger partial charge is 0.0743 e. The molecule has 2 nitrogen and oxygen atoms in total. The molecule has 1 rings (SSSR count). The quantitative estimate of drug-likeness (QED) is 0.709. The van der Waals surface area contributed by atoms with Gasteiger partial charge in [0.05, 0.1) is 5.60 Å². The van der Waals surface area contributed by atoms with E-state index in [1.807, 2.05) is 6.92 Å². The lowest BCUT2D eigenvalue weighted by molar-refractivity contribution is 0.00571. The number of hydrogen-bond acceptors (Lipinski definition) is 2. The number of hydrogen-bond donors (Lipinski definition) is 1. The summed E-state index contributed by atoms with van der Waals surface area (Å²) < 4.78 is 0. The van der Waals surface area contributed by atoms with Crippen LogP contribution in [0.4, 0.5) is 0 Å². The molecule has 1 fully saturated rings. The molecule has 14 heavy (non-hydrogen) atoms. The second kappa shape index (κ2) is 4.63. The molecule has 1 unspecified atom stereocenters. The normalized spacial score (nSPS) is 21.6. The molecule has 1 aliphatic rings. The zero-order chi connectivity index (χ0) is 10.8. The molecular formula is C12H25NO. The van der Waals surface area contributed by atoms with E-state index in [-0.39, 0.29) is 0 Å². The van der Waals surface area contributed by atoms with Gasteiger partial charge in [-0.05, 0) is 46.0 Å². The lowest BCUT2D eigenvalue weighted by Crippen LogP contribution is -2.44. The molecule has 84 valence electrons. The van der Waals surface area contributed by atoms with Gasteiger partial charge in [-0.25, -0.2) is 0 Å². The molecule has 0 aromatic carbocycles. The van der Waals surface area contributed by atoms with Crippen molar-refractivity contribution in [3.63, 3.8) is 0 Å². The Morgan fingerprint density at radius 2 is 2.00 bits per heavy atom. The van der Waals surface area contributed by atoms with E-state index in [2.05, 4.69) is 25.7 Å². The fraction of sp³-hybridized carbons (Fsp3) is 1.00. The van der Waals surface area contributed by atoms with Gasteiger partial charge in [0.2, 0.25) is 0 Å². The van der Waals surface area contributed by atoms with Crippen LogP contribution in [0.3, 0.4) is 0 Å². The number of rotatable bonds is 6. The van der Waals surface area contributed by atoms with Crippen LogP contribution < -0.4 is 0 Å². The molecule has 0 saturated heterocycles. The van der Waals surface area contributed by atoms with E-state index in [0.29, 0.717) is 6.04 Å². The predicted octanol–water partition coefficient (Wildman–Crippen LogP) is 2.27. The summed E-state index contributed by atoms with van der Waals surface area (Å²) in [7, 11) is 0. The van der Waals surface area contributed by atoms with E-state index >= 15 is 0 Å². The standard InChI is InChI=1S/C12H25NO/c1-5-12(4,14)9-13(10(2)3)8-11-6-7-11/h10-11,14H,5-9H2,1-4H3. The van der Waals surface area contributed by atoms with Crippen LogP contribution in [0, 0.1) is 5.92 Å². The highest BCUT2D eigenvalue weighted by Crippen LogP contribution is 2.30. The van der Waals surface area contributed by atoms with Crippen molar-refractivity contribution in [3.8, 4) is 0 Å². The number of aliphatic hydroxyl groups is 1. The van der Waals surface area contributed by atoms with Gasteiger partial charge < -0.3 is 5.11 Å². The van der Waals surface area contributed by atoms with Crippen LogP contribution in [-0.2, 0) is 0 Å².